The number of nitrogens with one attached hydrogen (secondary N) is 1. The molecule has 5 nitrogen and oxygen atoms in total. The molecule has 1 aliphatic rings. The van der Waals surface area contributed by atoms with E-state index < -0.39 is 5.54 Å². The number of rotatable bonds is 4. The van der Waals surface area contributed by atoms with Crippen molar-refractivity contribution in [3.8, 4) is 5.75 Å². The topological polar surface area (TPSA) is 56.8 Å². The largest absolute Gasteiger partial charge is 0.497 e. The number of benzene rings is 1. The van der Waals surface area contributed by atoms with Crippen LogP contribution in [-0.4, -0.2) is 38.9 Å². The van der Waals surface area contributed by atoms with Gasteiger partial charge in [0.25, 0.3) is 0 Å². The highest BCUT2D eigenvalue weighted by Crippen LogP contribution is 2.27. The molecule has 19 heavy (non-hydrogen) atoms. The summed E-state index contributed by atoms with van der Waals surface area (Å²) in [6.07, 6.45) is 1.53. The van der Waals surface area contributed by atoms with E-state index in [1.54, 1.807) is 7.11 Å². The fourth-order valence-corrected chi connectivity index (χ4v) is 2.25. The van der Waals surface area contributed by atoms with Crippen molar-refractivity contribution in [1.29, 1.82) is 0 Å². The van der Waals surface area contributed by atoms with Crippen molar-refractivity contribution in [2.75, 3.05) is 32.8 Å². The average Bonchev–Trinajstić information content (AvgIpc) is 2.48. The highest BCUT2D eigenvalue weighted by atomic mass is 16.5. The summed E-state index contributed by atoms with van der Waals surface area (Å²) in [5.74, 6) is 0.487. The van der Waals surface area contributed by atoms with Crippen molar-refractivity contribution >= 4 is 11.7 Å². The molecule has 0 saturated carbocycles. The highest BCUT2D eigenvalue weighted by molar-refractivity contribution is 5.85. The smallest absolute Gasteiger partial charge is 0.333 e. The Morgan fingerprint density at radius 1 is 1.32 bits per heavy atom. The van der Waals surface area contributed by atoms with E-state index in [0.29, 0.717) is 19.6 Å². The molecule has 104 valence electrons. The van der Waals surface area contributed by atoms with Crippen molar-refractivity contribution in [2.24, 2.45) is 0 Å². The second-order valence-corrected chi connectivity index (χ2v) is 4.58. The van der Waals surface area contributed by atoms with E-state index >= 15 is 0 Å². The number of carbonyl (C=O) groups is 1. The zero-order valence-electron chi connectivity index (χ0n) is 11.3. The van der Waals surface area contributed by atoms with Crippen molar-refractivity contribution in [3.05, 3.63) is 24.3 Å². The summed E-state index contributed by atoms with van der Waals surface area (Å²) in [5, 5.41) is 3.24. The maximum absolute atomic E-state index is 12.0. The number of esters is 1. The predicted molar refractivity (Wildman–Crippen MR) is 71.4 cm³/mol. The Kier molecular flexibility index (Phi) is 4.27. The van der Waals surface area contributed by atoms with Gasteiger partial charge in [-0.05, 0) is 37.1 Å². The first kappa shape index (κ1) is 13.7. The molecule has 0 spiro atoms. The lowest BCUT2D eigenvalue weighted by Gasteiger charge is -2.35. The van der Waals surface area contributed by atoms with Gasteiger partial charge < -0.3 is 19.5 Å². The molecule has 1 unspecified atom stereocenters. The lowest BCUT2D eigenvalue weighted by Crippen LogP contribution is -2.53. The average molecular weight is 265 g/mol. The summed E-state index contributed by atoms with van der Waals surface area (Å²) in [7, 11) is 3.02. The number of carbonyl (C=O) groups excluding carboxylic acids is 1. The van der Waals surface area contributed by atoms with E-state index in [-0.39, 0.29) is 5.97 Å². The van der Waals surface area contributed by atoms with Gasteiger partial charge in [0.2, 0.25) is 0 Å². The molecule has 2 rings (SSSR count). The first-order chi connectivity index (χ1) is 9.20. The van der Waals surface area contributed by atoms with E-state index in [1.807, 2.05) is 24.3 Å². The van der Waals surface area contributed by atoms with E-state index in [2.05, 4.69) is 5.32 Å². The van der Waals surface area contributed by atoms with E-state index in [1.165, 1.54) is 7.11 Å². The third-order valence-electron chi connectivity index (χ3n) is 3.29. The number of ether oxygens (including phenoxy) is 3. The first-order valence-corrected chi connectivity index (χ1v) is 6.28. The molecular weight excluding hydrogens is 246 g/mol. The van der Waals surface area contributed by atoms with Crippen molar-refractivity contribution in [2.45, 2.75) is 18.4 Å². The zero-order chi connectivity index (χ0) is 13.7. The van der Waals surface area contributed by atoms with Crippen LogP contribution in [0, 0.1) is 0 Å². The maximum atomic E-state index is 12.0. The van der Waals surface area contributed by atoms with Crippen LogP contribution in [0.4, 0.5) is 5.69 Å². The molecule has 1 aromatic carbocycles. The summed E-state index contributed by atoms with van der Waals surface area (Å²) in [5.41, 5.74) is 0.0541. The SMILES string of the molecule is COC(=O)C1(Nc2ccc(OC)cc2)CCCOC1. The molecule has 1 heterocycles. The summed E-state index contributed by atoms with van der Waals surface area (Å²) >= 11 is 0. The van der Waals surface area contributed by atoms with E-state index in [0.717, 1.165) is 17.9 Å². The monoisotopic (exact) mass is 265 g/mol. The Labute approximate surface area is 112 Å². The lowest BCUT2D eigenvalue weighted by molar-refractivity contribution is -0.150. The number of hydrogen-bond acceptors (Lipinski definition) is 5. The normalized spacial score (nSPS) is 22.6. The minimum atomic E-state index is -0.790. The molecule has 1 atom stereocenters. The van der Waals surface area contributed by atoms with Crippen LogP contribution in [-0.2, 0) is 14.3 Å². The maximum Gasteiger partial charge on any atom is 0.333 e. The van der Waals surface area contributed by atoms with E-state index in [4.69, 9.17) is 14.2 Å². The molecule has 0 bridgehead atoms. The Morgan fingerprint density at radius 3 is 2.58 bits per heavy atom. The third kappa shape index (κ3) is 2.98. The molecule has 1 fully saturated rings. The van der Waals surface area contributed by atoms with Crippen molar-refractivity contribution in [1.82, 2.24) is 0 Å². The molecule has 1 saturated heterocycles. The lowest BCUT2D eigenvalue weighted by atomic mass is 9.92. The molecule has 0 aromatic heterocycles. The second kappa shape index (κ2) is 5.93. The van der Waals surface area contributed by atoms with Crippen LogP contribution in [0.1, 0.15) is 12.8 Å². The van der Waals surface area contributed by atoms with Crippen LogP contribution in [0.15, 0.2) is 24.3 Å². The van der Waals surface area contributed by atoms with Gasteiger partial charge >= 0.3 is 5.97 Å². The molecular formula is C14H19NO4. The number of anilines is 1. The fourth-order valence-electron chi connectivity index (χ4n) is 2.25. The van der Waals surface area contributed by atoms with Gasteiger partial charge in [0.15, 0.2) is 5.54 Å². The number of methoxy groups -OCH3 is 2. The van der Waals surface area contributed by atoms with Gasteiger partial charge in [-0.15, -0.1) is 0 Å². The molecule has 0 amide bonds. The van der Waals surface area contributed by atoms with Crippen molar-refractivity contribution in [3.63, 3.8) is 0 Å². The van der Waals surface area contributed by atoms with Gasteiger partial charge in [-0.25, -0.2) is 4.79 Å². The minimum absolute atomic E-state index is 0.289. The first-order valence-electron chi connectivity index (χ1n) is 6.28. The van der Waals surface area contributed by atoms with E-state index in [9.17, 15) is 4.79 Å². The molecule has 1 aromatic rings. The van der Waals surface area contributed by atoms with Crippen LogP contribution in [0.25, 0.3) is 0 Å². The van der Waals surface area contributed by atoms with Gasteiger partial charge in [-0.2, -0.15) is 0 Å². The predicted octanol–water partition coefficient (Wildman–Crippen LogP) is 1.83. The highest BCUT2D eigenvalue weighted by Gasteiger charge is 2.41. The Morgan fingerprint density at radius 2 is 2.05 bits per heavy atom. The van der Waals surface area contributed by atoms with Crippen LogP contribution >= 0.6 is 0 Å². The summed E-state index contributed by atoms with van der Waals surface area (Å²) in [6.45, 7) is 1.01. The fraction of sp³-hybridized carbons (Fsp3) is 0.500. The van der Waals surface area contributed by atoms with Gasteiger partial charge in [0.1, 0.15) is 5.75 Å². The van der Waals surface area contributed by atoms with Gasteiger partial charge in [0, 0.05) is 12.3 Å². The third-order valence-corrected chi connectivity index (χ3v) is 3.29. The molecule has 0 radical (unpaired) electrons. The molecule has 1 N–H and O–H groups in total. The Balaban J connectivity index is 2.17. The van der Waals surface area contributed by atoms with Gasteiger partial charge in [-0.3, -0.25) is 0 Å². The molecule has 1 aliphatic heterocycles. The van der Waals surface area contributed by atoms with Gasteiger partial charge in [0.05, 0.1) is 20.8 Å². The van der Waals surface area contributed by atoms with Crippen LogP contribution in [0.3, 0.4) is 0 Å². The van der Waals surface area contributed by atoms with Crippen LogP contribution in [0.2, 0.25) is 0 Å². The second-order valence-electron chi connectivity index (χ2n) is 4.58. The standard InChI is InChI=1S/C14H19NO4/c1-17-12-6-4-11(5-7-12)15-14(13(16)18-2)8-3-9-19-10-14/h4-7,15H,3,8-10H2,1-2H3. The zero-order valence-corrected chi connectivity index (χ0v) is 11.3. The minimum Gasteiger partial charge on any atom is -0.497 e. The van der Waals surface area contributed by atoms with Crippen LogP contribution in [0.5, 0.6) is 5.75 Å². The van der Waals surface area contributed by atoms with Gasteiger partial charge in [-0.1, -0.05) is 0 Å². The summed E-state index contributed by atoms with van der Waals surface area (Å²) < 4.78 is 15.5. The Bertz CT molecular complexity index is 424. The Hall–Kier alpha value is -1.75. The molecule has 5 heteroatoms. The summed E-state index contributed by atoms with van der Waals surface area (Å²) in [6, 6.07) is 7.43. The summed E-state index contributed by atoms with van der Waals surface area (Å²) in [4.78, 5) is 12.0. The quantitative estimate of drug-likeness (QED) is 0.842. The van der Waals surface area contributed by atoms with Crippen LogP contribution < -0.4 is 10.1 Å². The molecule has 0 aliphatic carbocycles. The van der Waals surface area contributed by atoms with Crippen molar-refractivity contribution < 1.29 is 19.0 Å². The number of hydrogen-bond donors (Lipinski definition) is 1.